The smallest absolute Gasteiger partial charge is 0.126 e. The van der Waals surface area contributed by atoms with Gasteiger partial charge in [0.2, 0.25) is 0 Å². The molecule has 2 rings (SSSR count). The quantitative estimate of drug-likeness (QED) is 0.844. The van der Waals surface area contributed by atoms with E-state index in [1.807, 2.05) is 13.1 Å². The fourth-order valence-corrected chi connectivity index (χ4v) is 2.37. The van der Waals surface area contributed by atoms with Crippen molar-refractivity contribution in [1.82, 2.24) is 5.32 Å². The number of rotatable bonds is 3. The molecule has 0 radical (unpaired) electrons. The van der Waals surface area contributed by atoms with Crippen molar-refractivity contribution in [2.24, 2.45) is 0 Å². The van der Waals surface area contributed by atoms with Gasteiger partial charge in [-0.2, -0.15) is 0 Å². The summed E-state index contributed by atoms with van der Waals surface area (Å²) in [6.07, 6.45) is 3.31. The zero-order valence-corrected chi connectivity index (χ0v) is 10.2. The number of nitrogens with one attached hydrogen (secondary N) is 1. The van der Waals surface area contributed by atoms with E-state index in [9.17, 15) is 0 Å². The summed E-state index contributed by atoms with van der Waals surface area (Å²) in [4.78, 5) is 0. The molecule has 3 nitrogen and oxygen atoms in total. The monoisotopic (exact) mass is 221 g/mol. The number of hydrogen-bond donors (Lipinski definition) is 1. The molecular weight excluding hydrogens is 202 g/mol. The molecule has 16 heavy (non-hydrogen) atoms. The third kappa shape index (κ3) is 2.00. The average molecular weight is 221 g/mol. The zero-order chi connectivity index (χ0) is 11.5. The fraction of sp³-hybridized carbons (Fsp3) is 0.538. The van der Waals surface area contributed by atoms with Gasteiger partial charge in [-0.15, -0.1) is 0 Å². The summed E-state index contributed by atoms with van der Waals surface area (Å²) in [5.74, 6) is 1.84. The molecule has 0 amide bonds. The van der Waals surface area contributed by atoms with Gasteiger partial charge in [-0.05, 0) is 43.5 Å². The molecule has 0 saturated heterocycles. The van der Waals surface area contributed by atoms with Crippen LogP contribution < -0.4 is 14.8 Å². The summed E-state index contributed by atoms with van der Waals surface area (Å²) in [6, 6.07) is 4.67. The van der Waals surface area contributed by atoms with Crippen molar-refractivity contribution in [1.29, 1.82) is 0 Å². The van der Waals surface area contributed by atoms with Crippen molar-refractivity contribution < 1.29 is 9.47 Å². The van der Waals surface area contributed by atoms with Gasteiger partial charge in [-0.3, -0.25) is 0 Å². The number of hydrogen-bond acceptors (Lipinski definition) is 3. The van der Waals surface area contributed by atoms with Crippen LogP contribution in [0.3, 0.4) is 0 Å². The summed E-state index contributed by atoms with van der Waals surface area (Å²) in [5, 5.41) is 3.34. The molecule has 1 N–H and O–H groups in total. The molecule has 0 heterocycles. The largest absolute Gasteiger partial charge is 0.497 e. The second-order valence-corrected chi connectivity index (χ2v) is 4.20. The first kappa shape index (κ1) is 11.3. The first-order valence-electron chi connectivity index (χ1n) is 5.69. The highest BCUT2D eigenvalue weighted by molar-refractivity contribution is 5.48. The summed E-state index contributed by atoms with van der Waals surface area (Å²) in [5.41, 5.74) is 2.69. The molecule has 1 aliphatic rings. The SMILES string of the molecule is CN[C@@H]1CCc2c(cc(OC)cc2OC)C1. The maximum atomic E-state index is 5.42. The maximum absolute atomic E-state index is 5.42. The highest BCUT2D eigenvalue weighted by Crippen LogP contribution is 2.33. The van der Waals surface area contributed by atoms with Crippen LogP contribution in [0.4, 0.5) is 0 Å². The van der Waals surface area contributed by atoms with Gasteiger partial charge in [0, 0.05) is 12.1 Å². The summed E-state index contributed by atoms with van der Waals surface area (Å²) in [7, 11) is 5.44. The molecule has 1 aromatic rings. The van der Waals surface area contributed by atoms with Gasteiger partial charge in [0.05, 0.1) is 14.2 Å². The Balaban J connectivity index is 2.38. The molecule has 0 bridgehead atoms. The minimum absolute atomic E-state index is 0.573. The van der Waals surface area contributed by atoms with E-state index in [0.717, 1.165) is 24.3 Å². The molecule has 0 aliphatic heterocycles. The Morgan fingerprint density at radius 1 is 1.25 bits per heavy atom. The predicted molar refractivity (Wildman–Crippen MR) is 64.4 cm³/mol. The molecule has 88 valence electrons. The topological polar surface area (TPSA) is 30.5 Å². The molecular formula is C13H19NO2. The van der Waals surface area contributed by atoms with E-state index in [1.54, 1.807) is 14.2 Å². The first-order valence-corrected chi connectivity index (χ1v) is 5.69. The van der Waals surface area contributed by atoms with Crippen LogP contribution in [0.2, 0.25) is 0 Å². The zero-order valence-electron chi connectivity index (χ0n) is 10.2. The predicted octanol–water partition coefficient (Wildman–Crippen LogP) is 1.78. The normalized spacial score (nSPS) is 19.1. The first-order chi connectivity index (χ1) is 7.78. The van der Waals surface area contributed by atoms with Gasteiger partial charge in [0.1, 0.15) is 11.5 Å². The standard InChI is InChI=1S/C13H19NO2/c1-14-10-4-5-12-9(6-10)7-11(15-2)8-13(12)16-3/h7-8,10,14H,4-6H2,1-3H3/t10-/m1/s1. The van der Waals surface area contributed by atoms with Gasteiger partial charge in [0.25, 0.3) is 0 Å². The molecule has 0 aromatic heterocycles. The minimum atomic E-state index is 0.573. The van der Waals surface area contributed by atoms with Gasteiger partial charge in [0.15, 0.2) is 0 Å². The summed E-state index contributed by atoms with van der Waals surface area (Å²) >= 11 is 0. The van der Waals surface area contributed by atoms with E-state index < -0.39 is 0 Å². The lowest BCUT2D eigenvalue weighted by molar-refractivity contribution is 0.383. The Kier molecular flexibility index (Phi) is 3.34. The Morgan fingerprint density at radius 3 is 2.69 bits per heavy atom. The van der Waals surface area contributed by atoms with Gasteiger partial charge >= 0.3 is 0 Å². The van der Waals surface area contributed by atoms with E-state index in [1.165, 1.54) is 17.5 Å². The van der Waals surface area contributed by atoms with E-state index in [-0.39, 0.29) is 0 Å². The lowest BCUT2D eigenvalue weighted by Gasteiger charge is -2.26. The van der Waals surface area contributed by atoms with Crippen LogP contribution in [-0.4, -0.2) is 27.3 Å². The molecule has 1 atom stereocenters. The summed E-state index contributed by atoms with van der Waals surface area (Å²) in [6.45, 7) is 0. The van der Waals surface area contributed by atoms with Crippen molar-refractivity contribution in [3.8, 4) is 11.5 Å². The van der Waals surface area contributed by atoms with Gasteiger partial charge in [-0.1, -0.05) is 0 Å². The van der Waals surface area contributed by atoms with Gasteiger partial charge < -0.3 is 14.8 Å². The van der Waals surface area contributed by atoms with Crippen LogP contribution in [0.25, 0.3) is 0 Å². The number of ether oxygens (including phenoxy) is 2. The molecule has 1 aliphatic carbocycles. The molecule has 1 aromatic carbocycles. The molecule has 3 heteroatoms. The number of methoxy groups -OCH3 is 2. The van der Waals surface area contributed by atoms with Crippen LogP contribution in [0.5, 0.6) is 11.5 Å². The molecule has 0 unspecified atom stereocenters. The van der Waals surface area contributed by atoms with E-state index in [0.29, 0.717) is 6.04 Å². The van der Waals surface area contributed by atoms with Crippen LogP contribution >= 0.6 is 0 Å². The molecule has 0 spiro atoms. The van der Waals surface area contributed by atoms with Crippen molar-refractivity contribution in [2.75, 3.05) is 21.3 Å². The Hall–Kier alpha value is -1.22. The van der Waals surface area contributed by atoms with E-state index >= 15 is 0 Å². The van der Waals surface area contributed by atoms with E-state index in [2.05, 4.69) is 11.4 Å². The highest BCUT2D eigenvalue weighted by atomic mass is 16.5. The maximum Gasteiger partial charge on any atom is 0.126 e. The number of benzene rings is 1. The van der Waals surface area contributed by atoms with Gasteiger partial charge in [-0.25, -0.2) is 0 Å². The highest BCUT2D eigenvalue weighted by Gasteiger charge is 2.21. The minimum Gasteiger partial charge on any atom is -0.497 e. The molecule has 0 saturated carbocycles. The van der Waals surface area contributed by atoms with Crippen LogP contribution in [-0.2, 0) is 12.8 Å². The third-order valence-corrected chi connectivity index (χ3v) is 3.35. The second-order valence-electron chi connectivity index (χ2n) is 4.20. The second kappa shape index (κ2) is 4.74. The third-order valence-electron chi connectivity index (χ3n) is 3.35. The van der Waals surface area contributed by atoms with E-state index in [4.69, 9.17) is 9.47 Å². The van der Waals surface area contributed by atoms with Crippen molar-refractivity contribution in [3.63, 3.8) is 0 Å². The Bertz CT molecular complexity index is 376. The van der Waals surface area contributed by atoms with Crippen LogP contribution in [0, 0.1) is 0 Å². The van der Waals surface area contributed by atoms with Crippen LogP contribution in [0.15, 0.2) is 12.1 Å². The average Bonchev–Trinajstić information content (AvgIpc) is 2.36. The number of fused-ring (bicyclic) bond motifs is 1. The lowest BCUT2D eigenvalue weighted by atomic mass is 9.87. The Morgan fingerprint density at radius 2 is 2.06 bits per heavy atom. The van der Waals surface area contributed by atoms with Crippen LogP contribution in [0.1, 0.15) is 17.5 Å². The van der Waals surface area contributed by atoms with Crippen molar-refractivity contribution in [3.05, 3.63) is 23.3 Å². The lowest BCUT2D eigenvalue weighted by Crippen LogP contribution is -2.31. The molecule has 0 fully saturated rings. The fourth-order valence-electron chi connectivity index (χ4n) is 2.37. The summed E-state index contributed by atoms with van der Waals surface area (Å²) < 4.78 is 10.7. The van der Waals surface area contributed by atoms with Crippen molar-refractivity contribution in [2.45, 2.75) is 25.3 Å². The number of likely N-dealkylation sites (N-methyl/N-ethyl adjacent to an activating group) is 1. The van der Waals surface area contributed by atoms with Crippen molar-refractivity contribution >= 4 is 0 Å². The Labute approximate surface area is 96.8 Å².